The van der Waals surface area contributed by atoms with E-state index in [9.17, 15) is 4.79 Å². The van der Waals surface area contributed by atoms with Crippen LogP contribution in [0.25, 0.3) is 0 Å². The largest absolute Gasteiger partial charge is 0.364 e. The molecule has 1 atom stereocenters. The molecule has 2 N–H and O–H groups in total. The Morgan fingerprint density at radius 1 is 1.62 bits per heavy atom. The monoisotopic (exact) mass is 288 g/mol. The molecule has 1 aliphatic rings. The van der Waals surface area contributed by atoms with Crippen molar-refractivity contribution in [1.82, 2.24) is 15.3 Å². The highest BCUT2D eigenvalue weighted by Gasteiger charge is 2.20. The zero-order valence-corrected chi connectivity index (χ0v) is 11.0. The summed E-state index contributed by atoms with van der Waals surface area (Å²) in [6.45, 7) is 1.82. The van der Waals surface area contributed by atoms with E-state index in [-0.39, 0.29) is 22.5 Å². The molecule has 1 aliphatic heterocycles. The van der Waals surface area contributed by atoms with E-state index in [4.69, 9.17) is 0 Å². The van der Waals surface area contributed by atoms with Crippen molar-refractivity contribution in [3.63, 3.8) is 0 Å². The Kier molecular flexibility index (Phi) is 4.95. The lowest BCUT2D eigenvalue weighted by Crippen LogP contribution is -2.46. The van der Waals surface area contributed by atoms with E-state index in [2.05, 4.69) is 20.2 Å². The van der Waals surface area contributed by atoms with Crippen LogP contribution in [0.2, 0.25) is 0 Å². The number of nitrogens with one attached hydrogen (secondary N) is 2. The zero-order chi connectivity index (χ0) is 10.7. The van der Waals surface area contributed by atoms with Crippen molar-refractivity contribution in [2.45, 2.75) is 18.9 Å². The predicted octanol–water partition coefficient (Wildman–Crippen LogP) is 0.536. The average Bonchev–Trinajstić information content (AvgIpc) is 2.30. The van der Waals surface area contributed by atoms with Crippen LogP contribution >= 0.6 is 17.0 Å². The maximum atomic E-state index is 11.6. The third kappa shape index (κ3) is 2.82. The van der Waals surface area contributed by atoms with E-state index in [1.165, 1.54) is 12.7 Å². The molecule has 0 radical (unpaired) electrons. The lowest BCUT2D eigenvalue weighted by Gasteiger charge is -2.33. The Balaban J connectivity index is 0.00000128. The van der Waals surface area contributed by atoms with Gasteiger partial charge in [0, 0.05) is 19.1 Å². The molecule has 5 nitrogen and oxygen atoms in total. The smallest absolute Gasteiger partial charge is 0.274 e. The lowest BCUT2D eigenvalue weighted by atomic mass is 10.1. The van der Waals surface area contributed by atoms with Gasteiger partial charge in [-0.1, -0.05) is 0 Å². The van der Waals surface area contributed by atoms with Crippen LogP contribution in [-0.2, 0) is 0 Å². The Hall–Kier alpha value is -0.880. The Morgan fingerprint density at radius 2 is 2.44 bits per heavy atom. The number of H-pyrrole nitrogens is 1. The number of nitrogens with zero attached hydrogens (tertiary/aromatic N) is 2. The van der Waals surface area contributed by atoms with Gasteiger partial charge in [0.05, 0.1) is 12.5 Å². The van der Waals surface area contributed by atoms with E-state index < -0.39 is 0 Å². The molecular formula is C10H17BrN4O. The van der Waals surface area contributed by atoms with Crippen LogP contribution in [0.4, 0.5) is 5.69 Å². The molecule has 1 aromatic heterocycles. The van der Waals surface area contributed by atoms with Crippen molar-refractivity contribution in [1.29, 1.82) is 0 Å². The molecule has 0 aliphatic carbocycles. The number of aromatic amines is 1. The summed E-state index contributed by atoms with van der Waals surface area (Å²) in [7, 11) is 1.96. The van der Waals surface area contributed by atoms with Crippen LogP contribution in [0.3, 0.4) is 0 Å². The molecule has 0 spiro atoms. The molecular weight excluding hydrogens is 272 g/mol. The Labute approximate surface area is 105 Å². The summed E-state index contributed by atoms with van der Waals surface area (Å²) in [5.74, 6) is 0. The molecule has 0 aromatic carbocycles. The van der Waals surface area contributed by atoms with Gasteiger partial charge in [-0.15, -0.1) is 17.0 Å². The first-order valence-electron chi connectivity index (χ1n) is 5.26. The first kappa shape index (κ1) is 13.2. The van der Waals surface area contributed by atoms with E-state index in [1.54, 1.807) is 6.20 Å². The van der Waals surface area contributed by atoms with Gasteiger partial charge in [0.25, 0.3) is 5.56 Å². The van der Waals surface area contributed by atoms with Crippen molar-refractivity contribution in [2.75, 3.05) is 25.0 Å². The minimum absolute atomic E-state index is 0. The number of halogens is 1. The van der Waals surface area contributed by atoms with Crippen LogP contribution in [0.5, 0.6) is 0 Å². The van der Waals surface area contributed by atoms with Crippen LogP contribution < -0.4 is 15.8 Å². The second-order valence-electron chi connectivity index (χ2n) is 3.84. The fourth-order valence-corrected chi connectivity index (χ4v) is 1.99. The molecule has 2 rings (SSSR count). The minimum Gasteiger partial charge on any atom is -0.364 e. The maximum absolute atomic E-state index is 11.6. The molecule has 1 saturated heterocycles. The summed E-state index contributed by atoms with van der Waals surface area (Å²) in [6.07, 6.45) is 5.34. The van der Waals surface area contributed by atoms with Gasteiger partial charge in [0.15, 0.2) is 0 Å². The first-order valence-corrected chi connectivity index (χ1v) is 5.26. The molecule has 6 heteroatoms. The SMILES string of the molecule is Br.CNC1CCCN(c2cnc[nH]c2=O)C1. The highest BCUT2D eigenvalue weighted by atomic mass is 79.9. The standard InChI is InChI=1S/C10H16N4O.BrH/c1-11-8-3-2-4-14(6-8)9-5-12-7-13-10(9)15;/h5,7-8,11H,2-4,6H2,1H3,(H,12,13,15);1H. The molecule has 16 heavy (non-hydrogen) atoms. The van der Waals surface area contributed by atoms with Gasteiger partial charge < -0.3 is 15.2 Å². The van der Waals surface area contributed by atoms with E-state index in [0.29, 0.717) is 11.7 Å². The number of piperidine rings is 1. The summed E-state index contributed by atoms with van der Waals surface area (Å²) in [5.41, 5.74) is 0.624. The van der Waals surface area contributed by atoms with Crippen molar-refractivity contribution < 1.29 is 0 Å². The van der Waals surface area contributed by atoms with Gasteiger partial charge >= 0.3 is 0 Å². The van der Waals surface area contributed by atoms with Crippen LogP contribution in [0.1, 0.15) is 12.8 Å². The van der Waals surface area contributed by atoms with Gasteiger partial charge in [0.2, 0.25) is 0 Å². The number of aromatic nitrogens is 2. The quantitative estimate of drug-likeness (QED) is 0.834. The number of hydrogen-bond acceptors (Lipinski definition) is 4. The number of rotatable bonds is 2. The van der Waals surface area contributed by atoms with Gasteiger partial charge in [-0.3, -0.25) is 4.79 Å². The molecule has 2 heterocycles. The summed E-state index contributed by atoms with van der Waals surface area (Å²) in [6, 6.07) is 0.471. The van der Waals surface area contributed by atoms with Gasteiger partial charge in [-0.05, 0) is 19.9 Å². The lowest BCUT2D eigenvalue weighted by molar-refractivity contribution is 0.448. The fourth-order valence-electron chi connectivity index (χ4n) is 1.99. The van der Waals surface area contributed by atoms with Gasteiger partial charge in [0.1, 0.15) is 5.69 Å². The predicted molar refractivity (Wildman–Crippen MR) is 69.5 cm³/mol. The molecule has 0 bridgehead atoms. The van der Waals surface area contributed by atoms with Gasteiger partial charge in [-0.2, -0.15) is 0 Å². The summed E-state index contributed by atoms with van der Waals surface area (Å²) < 4.78 is 0. The third-order valence-electron chi connectivity index (χ3n) is 2.87. The topological polar surface area (TPSA) is 61.0 Å². The molecule has 1 fully saturated rings. The summed E-state index contributed by atoms with van der Waals surface area (Å²) in [4.78, 5) is 20.2. The van der Waals surface area contributed by atoms with E-state index >= 15 is 0 Å². The molecule has 1 aromatic rings. The van der Waals surface area contributed by atoms with Gasteiger partial charge in [-0.25, -0.2) is 4.98 Å². The molecule has 0 saturated carbocycles. The number of anilines is 1. The third-order valence-corrected chi connectivity index (χ3v) is 2.87. The maximum Gasteiger partial charge on any atom is 0.274 e. The molecule has 0 amide bonds. The minimum atomic E-state index is -0.0539. The van der Waals surface area contributed by atoms with Crippen molar-refractivity contribution >= 4 is 22.7 Å². The Bertz CT molecular complexity index is 381. The van der Waals surface area contributed by atoms with Crippen LogP contribution in [0.15, 0.2) is 17.3 Å². The van der Waals surface area contributed by atoms with Crippen LogP contribution in [-0.4, -0.2) is 36.1 Å². The fraction of sp³-hybridized carbons (Fsp3) is 0.600. The number of likely N-dealkylation sites (N-methyl/N-ethyl adjacent to an activating group) is 1. The van der Waals surface area contributed by atoms with Crippen molar-refractivity contribution in [3.05, 3.63) is 22.9 Å². The van der Waals surface area contributed by atoms with Crippen molar-refractivity contribution in [3.8, 4) is 0 Å². The highest BCUT2D eigenvalue weighted by molar-refractivity contribution is 8.93. The second kappa shape index (κ2) is 6.00. The molecule has 90 valence electrons. The van der Waals surface area contributed by atoms with Crippen molar-refractivity contribution in [2.24, 2.45) is 0 Å². The zero-order valence-electron chi connectivity index (χ0n) is 9.27. The number of hydrogen-bond donors (Lipinski definition) is 2. The highest BCUT2D eigenvalue weighted by Crippen LogP contribution is 2.14. The average molecular weight is 289 g/mol. The first-order chi connectivity index (χ1) is 7.31. The molecule has 1 unspecified atom stereocenters. The normalized spacial score (nSPS) is 20.3. The van der Waals surface area contributed by atoms with E-state index in [1.807, 2.05) is 7.05 Å². The Morgan fingerprint density at radius 3 is 3.12 bits per heavy atom. The van der Waals surface area contributed by atoms with E-state index in [0.717, 1.165) is 19.5 Å². The summed E-state index contributed by atoms with van der Waals surface area (Å²) in [5, 5.41) is 3.25. The summed E-state index contributed by atoms with van der Waals surface area (Å²) >= 11 is 0. The van der Waals surface area contributed by atoms with Crippen LogP contribution in [0, 0.1) is 0 Å². The second-order valence-corrected chi connectivity index (χ2v) is 3.84.